The number of thioether (sulfide) groups is 1. The molecule has 17 heavy (non-hydrogen) atoms. The first-order valence-electron chi connectivity index (χ1n) is 5.31. The summed E-state index contributed by atoms with van der Waals surface area (Å²) >= 11 is 1.77. The van der Waals surface area contributed by atoms with E-state index in [1.807, 2.05) is 12.1 Å². The van der Waals surface area contributed by atoms with Gasteiger partial charge in [0.2, 0.25) is 0 Å². The van der Waals surface area contributed by atoms with Gasteiger partial charge in [-0.15, -0.1) is 0 Å². The van der Waals surface area contributed by atoms with Crippen molar-refractivity contribution in [1.29, 1.82) is 0 Å². The topological polar surface area (TPSA) is 55.0 Å². The molecule has 2 aromatic rings. The monoisotopic (exact) mass is 250 g/mol. The fourth-order valence-corrected chi connectivity index (χ4v) is 2.07. The van der Waals surface area contributed by atoms with Gasteiger partial charge in [-0.1, -0.05) is 6.07 Å². The van der Waals surface area contributed by atoms with Crippen LogP contribution >= 0.6 is 11.8 Å². The Morgan fingerprint density at radius 1 is 1.53 bits per heavy atom. The molecule has 0 amide bonds. The first-order chi connectivity index (χ1) is 8.26. The van der Waals surface area contributed by atoms with E-state index >= 15 is 0 Å². The number of hydrogen-bond donors (Lipinski definition) is 1. The first kappa shape index (κ1) is 12.0. The zero-order valence-electron chi connectivity index (χ0n) is 9.82. The van der Waals surface area contributed by atoms with E-state index in [4.69, 9.17) is 4.74 Å². The number of para-hydroxylation sites is 1. The number of benzene rings is 1. The average Bonchev–Trinajstić information content (AvgIpc) is 2.77. The predicted octanol–water partition coefficient (Wildman–Crippen LogP) is 2.25. The van der Waals surface area contributed by atoms with Crippen LogP contribution in [0.2, 0.25) is 0 Å². The van der Waals surface area contributed by atoms with Gasteiger partial charge >= 0.3 is 5.97 Å². The summed E-state index contributed by atoms with van der Waals surface area (Å²) in [6, 6.07) is 5.47. The second kappa shape index (κ2) is 5.23. The second-order valence-corrected chi connectivity index (χ2v) is 4.61. The van der Waals surface area contributed by atoms with Gasteiger partial charge in [0, 0.05) is 12.2 Å². The maximum atomic E-state index is 11.6. The van der Waals surface area contributed by atoms with E-state index in [0.29, 0.717) is 11.1 Å². The number of ether oxygens (including phenoxy) is 1. The molecular weight excluding hydrogens is 236 g/mol. The Kier molecular flexibility index (Phi) is 3.68. The van der Waals surface area contributed by atoms with Crippen LogP contribution in [-0.4, -0.2) is 35.1 Å². The third kappa shape index (κ3) is 2.44. The molecule has 0 saturated heterocycles. The Balaban J connectivity index is 2.42. The number of carbonyl (C=O) groups excluding carboxylic acids is 1. The van der Waals surface area contributed by atoms with Crippen molar-refractivity contribution in [3.05, 3.63) is 29.6 Å². The number of aryl methyl sites for hydroxylation is 1. The zero-order chi connectivity index (χ0) is 12.3. The minimum atomic E-state index is -0.349. The van der Waals surface area contributed by atoms with Crippen LogP contribution < -0.4 is 0 Å². The standard InChI is InChI=1S/C12H14N2O2S/c1-16-12(15)8-4-3-5-9-11(8)14-10(13-9)6-7-17-2/h3-5H,6-7H2,1-2H3,(H,13,14). The Morgan fingerprint density at radius 3 is 3.06 bits per heavy atom. The minimum absolute atomic E-state index is 0.349. The average molecular weight is 250 g/mol. The third-order valence-corrected chi connectivity index (χ3v) is 3.12. The lowest BCUT2D eigenvalue weighted by molar-refractivity contribution is 0.0603. The van der Waals surface area contributed by atoms with Crippen LogP contribution in [0.3, 0.4) is 0 Å². The number of aromatic nitrogens is 2. The molecule has 0 fully saturated rings. The molecule has 0 spiro atoms. The molecule has 0 saturated carbocycles. The lowest BCUT2D eigenvalue weighted by atomic mass is 10.2. The van der Waals surface area contributed by atoms with Crippen LogP contribution in [0.25, 0.3) is 11.0 Å². The summed E-state index contributed by atoms with van der Waals surface area (Å²) in [6.07, 6.45) is 2.93. The van der Waals surface area contributed by atoms with Crippen LogP contribution in [0, 0.1) is 0 Å². The molecule has 0 aliphatic carbocycles. The largest absolute Gasteiger partial charge is 0.465 e. The number of esters is 1. The highest BCUT2D eigenvalue weighted by Gasteiger charge is 2.13. The summed E-state index contributed by atoms with van der Waals surface area (Å²) < 4.78 is 4.74. The number of hydrogen-bond acceptors (Lipinski definition) is 4. The summed E-state index contributed by atoms with van der Waals surface area (Å²) in [4.78, 5) is 19.2. The molecule has 1 heterocycles. The van der Waals surface area contributed by atoms with E-state index in [2.05, 4.69) is 16.2 Å². The van der Waals surface area contributed by atoms with Crippen molar-refractivity contribution in [2.45, 2.75) is 6.42 Å². The fourth-order valence-electron chi connectivity index (χ4n) is 1.68. The maximum absolute atomic E-state index is 11.6. The van der Waals surface area contributed by atoms with Crippen LogP contribution in [-0.2, 0) is 11.2 Å². The molecule has 0 aliphatic rings. The molecule has 0 unspecified atom stereocenters. The van der Waals surface area contributed by atoms with Gasteiger partial charge in [-0.2, -0.15) is 11.8 Å². The van der Waals surface area contributed by atoms with Crippen LogP contribution in [0.5, 0.6) is 0 Å². The molecule has 5 heteroatoms. The van der Waals surface area contributed by atoms with E-state index in [0.717, 1.165) is 23.5 Å². The van der Waals surface area contributed by atoms with Crippen LogP contribution in [0.4, 0.5) is 0 Å². The zero-order valence-corrected chi connectivity index (χ0v) is 10.6. The van der Waals surface area contributed by atoms with Crippen molar-refractivity contribution in [3.63, 3.8) is 0 Å². The number of aromatic amines is 1. The molecule has 1 N–H and O–H groups in total. The number of imidazole rings is 1. The van der Waals surface area contributed by atoms with Crippen molar-refractivity contribution in [3.8, 4) is 0 Å². The van der Waals surface area contributed by atoms with Crippen molar-refractivity contribution >= 4 is 28.8 Å². The summed E-state index contributed by atoms with van der Waals surface area (Å²) in [5.41, 5.74) is 2.08. The van der Waals surface area contributed by atoms with Gasteiger partial charge in [0.05, 0.1) is 18.2 Å². The second-order valence-electron chi connectivity index (χ2n) is 3.62. The van der Waals surface area contributed by atoms with Gasteiger partial charge in [-0.25, -0.2) is 9.78 Å². The van der Waals surface area contributed by atoms with Crippen LogP contribution in [0.1, 0.15) is 16.2 Å². The first-order valence-corrected chi connectivity index (χ1v) is 6.70. The molecular formula is C12H14N2O2S. The molecule has 2 rings (SSSR count). The molecule has 0 atom stereocenters. The Hall–Kier alpha value is -1.49. The van der Waals surface area contributed by atoms with Crippen molar-refractivity contribution in [1.82, 2.24) is 9.97 Å². The van der Waals surface area contributed by atoms with E-state index in [9.17, 15) is 4.79 Å². The molecule has 0 aliphatic heterocycles. The summed E-state index contributed by atoms with van der Waals surface area (Å²) in [5, 5.41) is 0. The summed E-state index contributed by atoms with van der Waals surface area (Å²) in [7, 11) is 1.38. The van der Waals surface area contributed by atoms with E-state index < -0.39 is 0 Å². The molecule has 4 nitrogen and oxygen atoms in total. The number of H-pyrrole nitrogens is 1. The van der Waals surface area contributed by atoms with Gasteiger partial charge < -0.3 is 9.72 Å². The highest BCUT2D eigenvalue weighted by atomic mass is 32.2. The normalized spacial score (nSPS) is 10.7. The van der Waals surface area contributed by atoms with E-state index in [1.54, 1.807) is 17.8 Å². The molecule has 0 bridgehead atoms. The highest BCUT2D eigenvalue weighted by molar-refractivity contribution is 7.98. The highest BCUT2D eigenvalue weighted by Crippen LogP contribution is 2.18. The number of carbonyl (C=O) groups is 1. The SMILES string of the molecule is COC(=O)c1cccc2[nH]c(CCSC)nc12. The van der Waals surface area contributed by atoms with Gasteiger partial charge in [-0.3, -0.25) is 0 Å². The van der Waals surface area contributed by atoms with E-state index in [1.165, 1.54) is 7.11 Å². The number of fused-ring (bicyclic) bond motifs is 1. The van der Waals surface area contributed by atoms with Crippen molar-refractivity contribution < 1.29 is 9.53 Å². The van der Waals surface area contributed by atoms with Crippen molar-refractivity contribution in [2.24, 2.45) is 0 Å². The smallest absolute Gasteiger partial charge is 0.340 e. The number of methoxy groups -OCH3 is 1. The Labute approximate surface area is 104 Å². The summed E-state index contributed by atoms with van der Waals surface area (Å²) in [5.74, 6) is 1.57. The Morgan fingerprint density at radius 2 is 2.35 bits per heavy atom. The van der Waals surface area contributed by atoms with Gasteiger partial charge in [0.25, 0.3) is 0 Å². The lowest BCUT2D eigenvalue weighted by Crippen LogP contribution is -2.01. The molecule has 1 aromatic carbocycles. The summed E-state index contributed by atoms with van der Waals surface area (Å²) in [6.45, 7) is 0. The minimum Gasteiger partial charge on any atom is -0.465 e. The van der Waals surface area contributed by atoms with Gasteiger partial charge in [0.1, 0.15) is 11.3 Å². The molecule has 90 valence electrons. The maximum Gasteiger partial charge on any atom is 0.340 e. The predicted molar refractivity (Wildman–Crippen MR) is 69.5 cm³/mol. The fraction of sp³-hybridized carbons (Fsp3) is 0.333. The van der Waals surface area contributed by atoms with Crippen molar-refractivity contribution in [2.75, 3.05) is 19.1 Å². The number of rotatable bonds is 4. The quantitative estimate of drug-likeness (QED) is 0.846. The van der Waals surface area contributed by atoms with E-state index in [-0.39, 0.29) is 5.97 Å². The van der Waals surface area contributed by atoms with Gasteiger partial charge in [-0.05, 0) is 18.4 Å². The molecule has 0 radical (unpaired) electrons. The van der Waals surface area contributed by atoms with Crippen LogP contribution in [0.15, 0.2) is 18.2 Å². The van der Waals surface area contributed by atoms with Gasteiger partial charge in [0.15, 0.2) is 0 Å². The number of nitrogens with one attached hydrogen (secondary N) is 1. The lowest BCUT2D eigenvalue weighted by Gasteiger charge is -1.98. The third-order valence-electron chi connectivity index (χ3n) is 2.51. The molecule has 1 aromatic heterocycles. The Bertz CT molecular complexity index is 536. The number of nitrogens with zero attached hydrogens (tertiary/aromatic N) is 1.